The van der Waals surface area contributed by atoms with E-state index in [-0.39, 0.29) is 24.0 Å². The third kappa shape index (κ3) is 4.94. The topological polar surface area (TPSA) is 84.1 Å². The minimum absolute atomic E-state index is 0.0280. The van der Waals surface area contributed by atoms with Crippen molar-refractivity contribution in [2.75, 3.05) is 5.32 Å². The number of nitrogens with one attached hydrogen (secondary N) is 2. The fourth-order valence-corrected chi connectivity index (χ4v) is 4.61. The summed E-state index contributed by atoms with van der Waals surface area (Å²) in [6.45, 7) is 3.88. The summed E-state index contributed by atoms with van der Waals surface area (Å²) < 4.78 is 5.93. The van der Waals surface area contributed by atoms with Crippen LogP contribution in [0.15, 0.2) is 58.5 Å². The van der Waals surface area contributed by atoms with Gasteiger partial charge in [0.25, 0.3) is 5.56 Å². The van der Waals surface area contributed by atoms with E-state index < -0.39 is 5.92 Å². The molecule has 0 bridgehead atoms. The molecule has 1 aromatic heterocycles. The van der Waals surface area contributed by atoms with E-state index in [1.807, 2.05) is 62.4 Å². The van der Waals surface area contributed by atoms with E-state index in [1.165, 1.54) is 11.8 Å². The Morgan fingerprint density at radius 1 is 1.19 bits per heavy atom. The number of carbonyl (C=O) groups excluding carboxylic acids is 1. The van der Waals surface area contributed by atoms with Crippen molar-refractivity contribution in [2.45, 2.75) is 43.2 Å². The predicted octanol–water partition coefficient (Wildman–Crippen LogP) is 4.98. The molecule has 1 aliphatic heterocycles. The maximum atomic E-state index is 13.1. The Hall–Kier alpha value is -2.77. The summed E-state index contributed by atoms with van der Waals surface area (Å²) in [6, 6.07) is 15.0. The fourth-order valence-electron chi connectivity index (χ4n) is 3.59. The first kappa shape index (κ1) is 21.5. The number of rotatable bonds is 6. The highest BCUT2D eigenvalue weighted by molar-refractivity contribution is 7.98. The van der Waals surface area contributed by atoms with E-state index in [0.717, 1.165) is 11.1 Å². The Balaban J connectivity index is 1.67. The zero-order chi connectivity index (χ0) is 22.0. The molecule has 0 radical (unpaired) electrons. The molecule has 4 rings (SSSR count). The van der Waals surface area contributed by atoms with E-state index in [2.05, 4.69) is 15.3 Å². The molecule has 3 aromatic rings. The van der Waals surface area contributed by atoms with E-state index in [4.69, 9.17) is 16.3 Å². The highest BCUT2D eigenvalue weighted by Crippen LogP contribution is 2.39. The molecule has 0 saturated heterocycles. The molecule has 1 aliphatic rings. The van der Waals surface area contributed by atoms with Crippen molar-refractivity contribution in [3.63, 3.8) is 0 Å². The van der Waals surface area contributed by atoms with Gasteiger partial charge in [-0.15, -0.1) is 0 Å². The Kier molecular flexibility index (Phi) is 6.34. The molecule has 0 saturated carbocycles. The lowest BCUT2D eigenvalue weighted by Crippen LogP contribution is -2.31. The SMILES string of the molecule is CC(C)Oc1ccccc1[C@H]1CC(=O)Nc2nc(SCc3cccc(Cl)c3)[nH]c(=O)c21. The Bertz CT molecular complexity index is 1180. The van der Waals surface area contributed by atoms with Gasteiger partial charge in [-0.2, -0.15) is 0 Å². The molecule has 8 heteroatoms. The minimum atomic E-state index is -0.429. The lowest BCUT2D eigenvalue weighted by atomic mass is 9.86. The van der Waals surface area contributed by atoms with Gasteiger partial charge in [0.15, 0.2) is 5.16 Å². The Morgan fingerprint density at radius 3 is 2.77 bits per heavy atom. The second-order valence-corrected chi connectivity index (χ2v) is 8.96. The quantitative estimate of drug-likeness (QED) is 0.404. The van der Waals surface area contributed by atoms with Crippen LogP contribution in [0, 0.1) is 0 Å². The molecule has 0 aliphatic carbocycles. The van der Waals surface area contributed by atoms with E-state index in [9.17, 15) is 9.59 Å². The molecule has 160 valence electrons. The number of aromatic amines is 1. The average molecular weight is 456 g/mol. The maximum absolute atomic E-state index is 13.1. The fraction of sp³-hybridized carbons (Fsp3) is 0.261. The third-order valence-electron chi connectivity index (χ3n) is 4.85. The molecule has 2 N–H and O–H groups in total. The highest BCUT2D eigenvalue weighted by atomic mass is 35.5. The predicted molar refractivity (Wildman–Crippen MR) is 123 cm³/mol. The molecule has 6 nitrogen and oxygen atoms in total. The van der Waals surface area contributed by atoms with Gasteiger partial charge < -0.3 is 15.0 Å². The van der Waals surface area contributed by atoms with E-state index in [0.29, 0.717) is 33.1 Å². The number of para-hydroxylation sites is 1. The minimum Gasteiger partial charge on any atom is -0.491 e. The first-order chi connectivity index (χ1) is 14.9. The van der Waals surface area contributed by atoms with Gasteiger partial charge in [0.05, 0.1) is 11.7 Å². The molecule has 0 unspecified atom stereocenters. The van der Waals surface area contributed by atoms with Gasteiger partial charge in [0.2, 0.25) is 5.91 Å². The van der Waals surface area contributed by atoms with Crippen LogP contribution < -0.4 is 15.6 Å². The zero-order valence-electron chi connectivity index (χ0n) is 17.1. The van der Waals surface area contributed by atoms with Crippen LogP contribution in [0.25, 0.3) is 0 Å². The third-order valence-corrected chi connectivity index (χ3v) is 6.03. The standard InChI is InChI=1S/C23H22ClN3O3S/c1-13(2)30-18-9-4-3-8-16(18)17-11-19(28)25-21-20(17)22(29)27-23(26-21)31-12-14-6-5-7-15(24)10-14/h3-10,13,17H,11-12H2,1-2H3,(H2,25,26,27,28,29)/t17-/m1/s1. The van der Waals surface area contributed by atoms with Crippen LogP contribution in [-0.2, 0) is 10.5 Å². The normalized spacial score (nSPS) is 15.5. The number of thioether (sulfide) groups is 1. The number of hydrogen-bond donors (Lipinski definition) is 2. The Labute approximate surface area is 189 Å². The van der Waals surface area contributed by atoms with Crippen LogP contribution in [0.2, 0.25) is 5.02 Å². The van der Waals surface area contributed by atoms with E-state index in [1.54, 1.807) is 0 Å². The second kappa shape index (κ2) is 9.16. The largest absolute Gasteiger partial charge is 0.491 e. The van der Waals surface area contributed by atoms with Gasteiger partial charge in [-0.1, -0.05) is 53.7 Å². The number of fused-ring (bicyclic) bond motifs is 1. The van der Waals surface area contributed by atoms with Crippen LogP contribution >= 0.6 is 23.4 Å². The number of ether oxygens (including phenoxy) is 1. The van der Waals surface area contributed by atoms with Crippen LogP contribution in [0.5, 0.6) is 5.75 Å². The Morgan fingerprint density at radius 2 is 2.00 bits per heavy atom. The first-order valence-corrected chi connectivity index (χ1v) is 11.3. The maximum Gasteiger partial charge on any atom is 0.257 e. The molecule has 2 aromatic carbocycles. The van der Waals surface area contributed by atoms with Crippen molar-refractivity contribution in [1.29, 1.82) is 0 Å². The number of hydrogen-bond acceptors (Lipinski definition) is 5. The number of nitrogens with zero attached hydrogens (tertiary/aromatic N) is 1. The summed E-state index contributed by atoms with van der Waals surface area (Å²) in [4.78, 5) is 32.9. The summed E-state index contributed by atoms with van der Waals surface area (Å²) in [5.41, 5.74) is 2.01. The first-order valence-electron chi connectivity index (χ1n) is 9.97. The van der Waals surface area contributed by atoms with Gasteiger partial charge in [0, 0.05) is 28.7 Å². The van der Waals surface area contributed by atoms with Crippen molar-refractivity contribution < 1.29 is 9.53 Å². The molecule has 0 fully saturated rings. The molecule has 1 amide bonds. The van der Waals surface area contributed by atoms with Crippen LogP contribution in [-0.4, -0.2) is 22.0 Å². The smallest absolute Gasteiger partial charge is 0.257 e. The van der Waals surface area contributed by atoms with Crippen molar-refractivity contribution in [2.24, 2.45) is 0 Å². The molecule has 1 atom stereocenters. The number of carbonyl (C=O) groups is 1. The van der Waals surface area contributed by atoms with Gasteiger partial charge in [-0.3, -0.25) is 9.59 Å². The number of halogens is 1. The monoisotopic (exact) mass is 455 g/mol. The lowest BCUT2D eigenvalue weighted by molar-refractivity contribution is -0.116. The van der Waals surface area contributed by atoms with Crippen LogP contribution in [0.4, 0.5) is 5.82 Å². The molecule has 0 spiro atoms. The number of benzene rings is 2. The van der Waals surface area contributed by atoms with Crippen LogP contribution in [0.1, 0.15) is 42.9 Å². The number of H-pyrrole nitrogens is 1. The average Bonchev–Trinajstić information content (AvgIpc) is 2.71. The summed E-state index contributed by atoms with van der Waals surface area (Å²) in [5, 5.41) is 3.86. The molecular formula is C23H22ClN3O3S. The summed E-state index contributed by atoms with van der Waals surface area (Å²) in [5.74, 6) is 0.952. The molecule has 31 heavy (non-hydrogen) atoms. The van der Waals surface area contributed by atoms with Crippen molar-refractivity contribution in [3.05, 3.63) is 80.6 Å². The summed E-state index contributed by atoms with van der Waals surface area (Å²) in [6.07, 6.45) is 0.130. The number of amides is 1. The number of aromatic nitrogens is 2. The lowest BCUT2D eigenvalue weighted by Gasteiger charge is -2.26. The zero-order valence-corrected chi connectivity index (χ0v) is 18.7. The van der Waals surface area contributed by atoms with Gasteiger partial charge in [-0.25, -0.2) is 4.98 Å². The summed E-state index contributed by atoms with van der Waals surface area (Å²) >= 11 is 7.42. The van der Waals surface area contributed by atoms with Crippen molar-refractivity contribution >= 4 is 35.1 Å². The second-order valence-electron chi connectivity index (χ2n) is 7.56. The van der Waals surface area contributed by atoms with Crippen molar-refractivity contribution in [3.8, 4) is 5.75 Å². The number of anilines is 1. The summed E-state index contributed by atoms with van der Waals surface area (Å²) in [7, 11) is 0. The van der Waals surface area contributed by atoms with Crippen LogP contribution in [0.3, 0.4) is 0 Å². The molecule has 2 heterocycles. The van der Waals surface area contributed by atoms with Gasteiger partial charge >= 0.3 is 0 Å². The molecular weight excluding hydrogens is 434 g/mol. The van der Waals surface area contributed by atoms with E-state index >= 15 is 0 Å². The van der Waals surface area contributed by atoms with Gasteiger partial charge in [0.1, 0.15) is 11.6 Å². The van der Waals surface area contributed by atoms with Crippen molar-refractivity contribution in [1.82, 2.24) is 9.97 Å². The highest BCUT2D eigenvalue weighted by Gasteiger charge is 2.32. The van der Waals surface area contributed by atoms with Gasteiger partial charge in [-0.05, 0) is 37.6 Å².